The van der Waals surface area contributed by atoms with Gasteiger partial charge in [-0.2, -0.15) is 18.3 Å². The number of halogens is 3. The highest BCUT2D eigenvalue weighted by Gasteiger charge is 2.32. The van der Waals surface area contributed by atoms with E-state index in [2.05, 4.69) is 20.1 Å². The van der Waals surface area contributed by atoms with Crippen LogP contribution in [0.2, 0.25) is 0 Å². The van der Waals surface area contributed by atoms with E-state index in [-0.39, 0.29) is 28.7 Å². The number of aromatic nitrogens is 7. The lowest BCUT2D eigenvalue weighted by Gasteiger charge is -2.09. The van der Waals surface area contributed by atoms with Crippen molar-refractivity contribution < 1.29 is 13.2 Å². The molecule has 0 aromatic carbocycles. The lowest BCUT2D eigenvalue weighted by atomic mass is 10.2. The summed E-state index contributed by atoms with van der Waals surface area (Å²) in [6.45, 7) is 2.35. The topological polar surface area (TPSA) is 103 Å². The molecule has 12 heteroatoms. The number of nitrogens with one attached hydrogen (secondary N) is 1. The lowest BCUT2D eigenvalue weighted by molar-refractivity contribution is -0.137. The Hall–Kier alpha value is -3.70. The van der Waals surface area contributed by atoms with Crippen LogP contribution in [0.25, 0.3) is 28.4 Å². The van der Waals surface area contributed by atoms with Gasteiger partial charge in [0.1, 0.15) is 11.3 Å². The van der Waals surface area contributed by atoms with Crippen molar-refractivity contribution >= 4 is 11.2 Å². The summed E-state index contributed by atoms with van der Waals surface area (Å²) in [5, 5.41) is 3.70. The van der Waals surface area contributed by atoms with Gasteiger partial charge in [0.05, 0.1) is 11.8 Å². The molecule has 1 N–H and O–H groups in total. The van der Waals surface area contributed by atoms with Crippen LogP contribution in [-0.2, 0) is 12.7 Å². The van der Waals surface area contributed by atoms with E-state index in [1.54, 1.807) is 6.07 Å². The molecule has 1 saturated carbocycles. The van der Waals surface area contributed by atoms with Gasteiger partial charge in [0.25, 0.3) is 5.56 Å². The molecular formula is C20H18F3N7O2. The van der Waals surface area contributed by atoms with E-state index in [9.17, 15) is 22.8 Å². The molecule has 0 spiro atoms. The number of fused-ring (bicyclic) bond motifs is 1. The summed E-state index contributed by atoms with van der Waals surface area (Å²) >= 11 is 0. The predicted octanol–water partition coefficient (Wildman–Crippen LogP) is 2.90. The fourth-order valence-electron chi connectivity index (χ4n) is 3.61. The Kier molecular flexibility index (Phi) is 4.53. The second-order valence-corrected chi connectivity index (χ2v) is 7.70. The molecule has 0 saturated heterocycles. The van der Waals surface area contributed by atoms with Crippen molar-refractivity contribution in [2.75, 3.05) is 0 Å². The highest BCUT2D eigenvalue weighted by molar-refractivity contribution is 5.75. The molecule has 0 aliphatic heterocycles. The van der Waals surface area contributed by atoms with Crippen molar-refractivity contribution in [1.82, 2.24) is 33.9 Å². The summed E-state index contributed by atoms with van der Waals surface area (Å²) in [5.74, 6) is 0.532. The Labute approximate surface area is 178 Å². The van der Waals surface area contributed by atoms with Crippen LogP contribution in [0.5, 0.6) is 0 Å². The first-order valence-electron chi connectivity index (χ1n) is 10.1. The Morgan fingerprint density at radius 3 is 2.56 bits per heavy atom. The molecule has 32 heavy (non-hydrogen) atoms. The molecule has 0 unspecified atom stereocenters. The second kappa shape index (κ2) is 7.18. The minimum atomic E-state index is -4.49. The van der Waals surface area contributed by atoms with E-state index in [0.29, 0.717) is 24.4 Å². The van der Waals surface area contributed by atoms with Crippen molar-refractivity contribution in [1.29, 1.82) is 0 Å². The Bertz CT molecular complexity index is 1420. The fourth-order valence-corrected chi connectivity index (χ4v) is 3.61. The first kappa shape index (κ1) is 20.2. The van der Waals surface area contributed by atoms with Gasteiger partial charge in [-0.3, -0.25) is 13.9 Å². The Morgan fingerprint density at radius 2 is 1.97 bits per heavy atom. The molecule has 4 aromatic heterocycles. The number of nitrogens with zero attached hydrogens (tertiary/aromatic N) is 6. The lowest BCUT2D eigenvalue weighted by Crippen LogP contribution is -2.39. The maximum atomic E-state index is 12.9. The Balaban J connectivity index is 1.56. The van der Waals surface area contributed by atoms with Gasteiger partial charge in [-0.1, -0.05) is 6.92 Å². The van der Waals surface area contributed by atoms with E-state index >= 15 is 0 Å². The second-order valence-electron chi connectivity index (χ2n) is 7.70. The number of hydrogen-bond donors (Lipinski definition) is 1. The van der Waals surface area contributed by atoms with Gasteiger partial charge in [0.15, 0.2) is 11.5 Å². The highest BCUT2D eigenvalue weighted by Crippen LogP contribution is 2.32. The minimum absolute atomic E-state index is 0.0779. The largest absolute Gasteiger partial charge is 0.419 e. The van der Waals surface area contributed by atoms with Crippen LogP contribution in [0, 0.1) is 0 Å². The number of imidazole rings is 1. The number of aromatic amines is 1. The van der Waals surface area contributed by atoms with Gasteiger partial charge in [0.2, 0.25) is 0 Å². The number of H-pyrrole nitrogens is 1. The van der Waals surface area contributed by atoms with Crippen molar-refractivity contribution in [3.63, 3.8) is 0 Å². The third-order valence-corrected chi connectivity index (χ3v) is 5.34. The van der Waals surface area contributed by atoms with Crippen LogP contribution < -0.4 is 11.2 Å². The van der Waals surface area contributed by atoms with Gasteiger partial charge < -0.3 is 4.98 Å². The zero-order valence-corrected chi connectivity index (χ0v) is 16.9. The molecule has 0 atom stereocenters. The number of hydrogen-bond acceptors (Lipinski definition) is 5. The average Bonchev–Trinajstić information content (AvgIpc) is 3.27. The molecule has 0 bridgehead atoms. The van der Waals surface area contributed by atoms with E-state index in [1.807, 2.05) is 6.92 Å². The zero-order chi connectivity index (χ0) is 22.6. The SMILES string of the molecule is CCCn1c(=O)n(C2CC2)c(=O)c2[nH]c(-c3ccc(-n4cc(C(F)(F)F)cn4)nc3)nc21. The fraction of sp³-hybridized carbons (Fsp3) is 0.350. The van der Waals surface area contributed by atoms with Gasteiger partial charge in [0, 0.05) is 30.5 Å². The summed E-state index contributed by atoms with van der Waals surface area (Å²) in [6.07, 6.45) is 0.795. The van der Waals surface area contributed by atoms with Gasteiger partial charge in [-0.15, -0.1) is 0 Å². The third-order valence-electron chi connectivity index (χ3n) is 5.34. The van der Waals surface area contributed by atoms with E-state index in [0.717, 1.165) is 29.9 Å². The summed E-state index contributed by atoms with van der Waals surface area (Å²) in [6, 6.07) is 3.03. The highest BCUT2D eigenvalue weighted by atomic mass is 19.4. The molecule has 1 fully saturated rings. The number of alkyl halides is 3. The number of pyridine rings is 1. The van der Waals surface area contributed by atoms with Crippen LogP contribution >= 0.6 is 0 Å². The predicted molar refractivity (Wildman–Crippen MR) is 109 cm³/mol. The standard InChI is InChI=1S/C20H18F3N7O2/c1-2-7-28-17-15(18(31)30(19(28)32)13-4-5-13)26-16(27-17)11-3-6-14(24-8-11)29-10-12(9-25-29)20(21,22)23/h3,6,8-10,13H,2,4-5,7H2,1H3,(H,26,27). The number of aryl methyl sites for hydroxylation is 1. The molecule has 166 valence electrons. The molecule has 5 rings (SSSR count). The van der Waals surface area contributed by atoms with Crippen LogP contribution in [0.4, 0.5) is 13.2 Å². The third kappa shape index (κ3) is 3.31. The van der Waals surface area contributed by atoms with Gasteiger partial charge >= 0.3 is 11.9 Å². The van der Waals surface area contributed by atoms with Crippen LogP contribution in [0.15, 0.2) is 40.3 Å². The summed E-state index contributed by atoms with van der Waals surface area (Å²) < 4.78 is 42.2. The van der Waals surface area contributed by atoms with Crippen molar-refractivity contribution in [2.24, 2.45) is 0 Å². The molecule has 4 aromatic rings. The summed E-state index contributed by atoms with van der Waals surface area (Å²) in [7, 11) is 0. The van der Waals surface area contributed by atoms with Crippen LogP contribution in [0.3, 0.4) is 0 Å². The van der Waals surface area contributed by atoms with Crippen molar-refractivity contribution in [2.45, 2.75) is 44.9 Å². The first-order valence-corrected chi connectivity index (χ1v) is 10.1. The molecule has 0 amide bonds. The molecule has 4 heterocycles. The molecule has 9 nitrogen and oxygen atoms in total. The maximum absolute atomic E-state index is 12.9. The summed E-state index contributed by atoms with van der Waals surface area (Å²) in [5.41, 5.74) is -0.606. The first-order chi connectivity index (χ1) is 15.3. The molecule has 0 radical (unpaired) electrons. The van der Waals surface area contributed by atoms with E-state index in [1.165, 1.54) is 21.4 Å². The van der Waals surface area contributed by atoms with Crippen LogP contribution in [-0.4, -0.2) is 33.9 Å². The average molecular weight is 445 g/mol. The monoisotopic (exact) mass is 445 g/mol. The Morgan fingerprint density at radius 1 is 1.19 bits per heavy atom. The minimum Gasteiger partial charge on any atom is -0.332 e. The van der Waals surface area contributed by atoms with Crippen molar-refractivity contribution in [3.05, 3.63) is 57.1 Å². The van der Waals surface area contributed by atoms with Gasteiger partial charge in [-0.25, -0.2) is 19.4 Å². The molecule has 1 aliphatic rings. The normalized spacial score (nSPS) is 14.4. The molecular weight excluding hydrogens is 427 g/mol. The quantitative estimate of drug-likeness (QED) is 0.509. The molecule has 1 aliphatic carbocycles. The van der Waals surface area contributed by atoms with Gasteiger partial charge in [-0.05, 0) is 31.4 Å². The smallest absolute Gasteiger partial charge is 0.332 e. The zero-order valence-electron chi connectivity index (χ0n) is 16.9. The van der Waals surface area contributed by atoms with E-state index in [4.69, 9.17) is 0 Å². The summed E-state index contributed by atoms with van der Waals surface area (Å²) in [4.78, 5) is 37.4. The maximum Gasteiger partial charge on any atom is 0.419 e. The number of rotatable bonds is 5. The van der Waals surface area contributed by atoms with E-state index < -0.39 is 17.3 Å². The van der Waals surface area contributed by atoms with Crippen molar-refractivity contribution in [3.8, 4) is 17.2 Å². The van der Waals surface area contributed by atoms with Crippen LogP contribution in [0.1, 0.15) is 37.8 Å².